The van der Waals surface area contributed by atoms with Gasteiger partial charge in [-0.2, -0.15) is 0 Å². The van der Waals surface area contributed by atoms with Gasteiger partial charge in [-0.05, 0) is 31.5 Å². The van der Waals surface area contributed by atoms with Gasteiger partial charge in [0.25, 0.3) is 0 Å². The number of Topliss-reactive ketones (excluding diaryl/α,β-unsaturated/α-hetero) is 1. The molecule has 0 saturated carbocycles. The molecule has 1 rings (SSSR count). The molecule has 0 N–H and O–H groups in total. The first-order valence-corrected chi connectivity index (χ1v) is 6.37. The minimum Gasteiger partial charge on any atom is -0.483 e. The van der Waals surface area contributed by atoms with Crippen molar-refractivity contribution < 1.29 is 14.3 Å². The van der Waals surface area contributed by atoms with Crippen molar-refractivity contribution in [1.29, 1.82) is 0 Å². The molecule has 0 aromatic heterocycles. The average molecular weight is 271 g/mol. The molecular formula is C14H19ClO3. The lowest BCUT2D eigenvalue weighted by Crippen LogP contribution is -2.29. The van der Waals surface area contributed by atoms with Crippen molar-refractivity contribution in [2.45, 2.75) is 26.4 Å². The van der Waals surface area contributed by atoms with E-state index in [1.165, 1.54) is 0 Å². The first-order chi connectivity index (χ1) is 8.54. The van der Waals surface area contributed by atoms with Crippen molar-refractivity contribution in [1.82, 2.24) is 0 Å². The van der Waals surface area contributed by atoms with Gasteiger partial charge in [0, 0.05) is 24.7 Å². The monoisotopic (exact) mass is 270 g/mol. The Balaban J connectivity index is 2.54. The molecule has 0 radical (unpaired) electrons. The Kier molecular flexibility index (Phi) is 6.16. The minimum atomic E-state index is -0.477. The summed E-state index contributed by atoms with van der Waals surface area (Å²) in [5, 5.41) is 0.597. The number of rotatable bonds is 7. The maximum Gasteiger partial charge on any atom is 0.175 e. The zero-order valence-corrected chi connectivity index (χ0v) is 11.7. The van der Waals surface area contributed by atoms with Gasteiger partial charge in [0.05, 0.1) is 0 Å². The van der Waals surface area contributed by atoms with Crippen molar-refractivity contribution in [3.05, 3.63) is 29.3 Å². The lowest BCUT2D eigenvalue weighted by molar-refractivity contribution is -0.129. The van der Waals surface area contributed by atoms with E-state index in [1.807, 2.05) is 6.92 Å². The van der Waals surface area contributed by atoms with Crippen LogP contribution >= 0.6 is 11.6 Å². The summed E-state index contributed by atoms with van der Waals surface area (Å²) in [6, 6.07) is 7.05. The lowest BCUT2D eigenvalue weighted by Gasteiger charge is -2.17. The van der Waals surface area contributed by atoms with Crippen LogP contribution in [-0.2, 0) is 9.53 Å². The van der Waals surface area contributed by atoms with Crippen LogP contribution in [0.5, 0.6) is 5.75 Å². The van der Waals surface area contributed by atoms with Gasteiger partial charge in [-0.15, -0.1) is 0 Å². The molecule has 2 atom stereocenters. The van der Waals surface area contributed by atoms with Crippen molar-refractivity contribution in [3.8, 4) is 5.75 Å². The first-order valence-electron chi connectivity index (χ1n) is 5.99. The second-order valence-corrected chi connectivity index (χ2v) is 4.74. The first kappa shape index (κ1) is 15.0. The SMILES string of the molecule is COCCC(C)C(=O)C(C)Oc1cccc(Cl)c1. The number of carbonyl (C=O) groups is 1. The Morgan fingerprint density at radius 1 is 1.39 bits per heavy atom. The van der Waals surface area contributed by atoms with Gasteiger partial charge in [-0.3, -0.25) is 4.79 Å². The van der Waals surface area contributed by atoms with E-state index in [4.69, 9.17) is 21.1 Å². The fraction of sp³-hybridized carbons (Fsp3) is 0.500. The summed E-state index contributed by atoms with van der Waals surface area (Å²) in [4.78, 5) is 12.0. The number of hydrogen-bond donors (Lipinski definition) is 0. The number of halogens is 1. The third-order valence-electron chi connectivity index (χ3n) is 2.75. The Hall–Kier alpha value is -1.06. The third kappa shape index (κ3) is 4.67. The van der Waals surface area contributed by atoms with E-state index in [-0.39, 0.29) is 11.7 Å². The van der Waals surface area contributed by atoms with Crippen LogP contribution < -0.4 is 4.74 Å². The highest BCUT2D eigenvalue weighted by molar-refractivity contribution is 6.30. The highest BCUT2D eigenvalue weighted by Gasteiger charge is 2.21. The number of methoxy groups -OCH3 is 1. The second-order valence-electron chi connectivity index (χ2n) is 4.30. The third-order valence-corrected chi connectivity index (χ3v) is 2.99. The molecule has 0 fully saturated rings. The molecule has 18 heavy (non-hydrogen) atoms. The van der Waals surface area contributed by atoms with Crippen LogP contribution in [0.25, 0.3) is 0 Å². The largest absolute Gasteiger partial charge is 0.483 e. The molecule has 3 nitrogen and oxygen atoms in total. The molecule has 0 bridgehead atoms. The van der Waals surface area contributed by atoms with Crippen molar-refractivity contribution in [2.24, 2.45) is 5.92 Å². The van der Waals surface area contributed by atoms with Gasteiger partial charge in [0.15, 0.2) is 11.9 Å². The second kappa shape index (κ2) is 7.39. The number of carbonyl (C=O) groups excluding carboxylic acids is 1. The Labute approximate surface area is 113 Å². The van der Waals surface area contributed by atoms with Crippen LogP contribution in [0, 0.1) is 5.92 Å². The maximum absolute atomic E-state index is 12.0. The van der Waals surface area contributed by atoms with E-state index in [0.717, 1.165) is 0 Å². The van der Waals surface area contributed by atoms with Crippen LogP contribution in [0.4, 0.5) is 0 Å². The molecule has 1 aromatic rings. The summed E-state index contributed by atoms with van der Waals surface area (Å²) in [5.74, 6) is 0.619. The standard InChI is InChI=1S/C14H19ClO3/c1-10(7-8-17-3)14(16)11(2)18-13-6-4-5-12(15)9-13/h4-6,9-11H,7-8H2,1-3H3. The smallest absolute Gasteiger partial charge is 0.175 e. The fourth-order valence-corrected chi connectivity index (χ4v) is 1.82. The highest BCUT2D eigenvalue weighted by Crippen LogP contribution is 2.19. The lowest BCUT2D eigenvalue weighted by atomic mass is 9.99. The predicted molar refractivity (Wildman–Crippen MR) is 72.2 cm³/mol. The Morgan fingerprint density at radius 2 is 2.11 bits per heavy atom. The van der Waals surface area contributed by atoms with E-state index in [2.05, 4.69) is 0 Å². The minimum absolute atomic E-state index is 0.0702. The van der Waals surface area contributed by atoms with Crippen LogP contribution in [0.3, 0.4) is 0 Å². The molecule has 1 aromatic carbocycles. The molecule has 0 amide bonds. The Morgan fingerprint density at radius 3 is 2.72 bits per heavy atom. The molecule has 0 aliphatic carbocycles. The van der Waals surface area contributed by atoms with E-state index in [0.29, 0.717) is 23.8 Å². The van der Waals surface area contributed by atoms with Crippen LogP contribution in [0.2, 0.25) is 5.02 Å². The van der Waals surface area contributed by atoms with Gasteiger partial charge in [-0.25, -0.2) is 0 Å². The van der Waals surface area contributed by atoms with Gasteiger partial charge < -0.3 is 9.47 Å². The highest BCUT2D eigenvalue weighted by atomic mass is 35.5. The fourth-order valence-electron chi connectivity index (χ4n) is 1.64. The molecule has 0 aliphatic rings. The summed E-state index contributed by atoms with van der Waals surface area (Å²) >= 11 is 5.86. The van der Waals surface area contributed by atoms with Gasteiger partial charge in [-0.1, -0.05) is 24.6 Å². The van der Waals surface area contributed by atoms with Crippen LogP contribution in [0.1, 0.15) is 20.3 Å². The molecule has 0 aliphatic heterocycles. The molecule has 0 heterocycles. The summed E-state index contributed by atoms with van der Waals surface area (Å²) in [6.07, 6.45) is 0.230. The average Bonchev–Trinajstić information content (AvgIpc) is 2.35. The molecule has 0 saturated heterocycles. The number of hydrogen-bond acceptors (Lipinski definition) is 3. The quantitative estimate of drug-likeness (QED) is 0.762. The molecule has 0 spiro atoms. The maximum atomic E-state index is 12.0. The summed E-state index contributed by atoms with van der Waals surface area (Å²) in [7, 11) is 1.63. The van der Waals surface area contributed by atoms with Crippen molar-refractivity contribution in [3.63, 3.8) is 0 Å². The summed E-state index contributed by atoms with van der Waals surface area (Å²) < 4.78 is 10.5. The number of ketones is 1. The molecule has 2 unspecified atom stereocenters. The number of benzene rings is 1. The van der Waals surface area contributed by atoms with Crippen LogP contribution in [0.15, 0.2) is 24.3 Å². The van der Waals surface area contributed by atoms with Gasteiger partial charge in [0.1, 0.15) is 5.75 Å². The van der Waals surface area contributed by atoms with E-state index < -0.39 is 6.10 Å². The van der Waals surface area contributed by atoms with Gasteiger partial charge >= 0.3 is 0 Å². The topological polar surface area (TPSA) is 35.5 Å². The van der Waals surface area contributed by atoms with E-state index >= 15 is 0 Å². The molecule has 100 valence electrons. The van der Waals surface area contributed by atoms with E-state index in [9.17, 15) is 4.79 Å². The predicted octanol–water partition coefficient (Wildman–Crippen LogP) is 3.35. The Bertz CT molecular complexity index is 392. The number of ether oxygens (including phenoxy) is 2. The van der Waals surface area contributed by atoms with Gasteiger partial charge in [0.2, 0.25) is 0 Å². The molecule has 4 heteroatoms. The molecular weight excluding hydrogens is 252 g/mol. The normalized spacial score (nSPS) is 14.0. The zero-order valence-electron chi connectivity index (χ0n) is 11.0. The van der Waals surface area contributed by atoms with Crippen molar-refractivity contribution in [2.75, 3.05) is 13.7 Å². The summed E-state index contributed by atoms with van der Waals surface area (Å²) in [5.41, 5.74) is 0. The van der Waals surface area contributed by atoms with Crippen LogP contribution in [-0.4, -0.2) is 25.6 Å². The zero-order chi connectivity index (χ0) is 13.5. The van der Waals surface area contributed by atoms with Crippen molar-refractivity contribution >= 4 is 17.4 Å². The van der Waals surface area contributed by atoms with E-state index in [1.54, 1.807) is 38.3 Å². The summed E-state index contributed by atoms with van der Waals surface area (Å²) in [6.45, 7) is 4.22.